The van der Waals surface area contributed by atoms with Crippen molar-refractivity contribution in [3.8, 4) is 0 Å². The fourth-order valence-corrected chi connectivity index (χ4v) is 13.6. The second kappa shape index (κ2) is 33.2. The van der Waals surface area contributed by atoms with Crippen LogP contribution in [0.15, 0.2) is 0 Å². The highest BCUT2D eigenvalue weighted by Crippen LogP contribution is 2.37. The first-order valence-corrected chi connectivity index (χ1v) is 31.2. The highest BCUT2D eigenvalue weighted by atomic mass is 32.2. The van der Waals surface area contributed by atoms with Crippen LogP contribution in [-0.2, 0) is 71.2 Å². The van der Waals surface area contributed by atoms with Crippen molar-refractivity contribution in [1.82, 2.24) is 26.6 Å². The third kappa shape index (κ3) is 17.6. The Hall–Kier alpha value is -3.09. The van der Waals surface area contributed by atoms with Gasteiger partial charge in [0, 0.05) is 37.8 Å². The lowest BCUT2D eigenvalue weighted by Gasteiger charge is -2.50. The summed E-state index contributed by atoms with van der Waals surface area (Å²) in [5.74, 6) is -0.972. The second-order valence-electron chi connectivity index (χ2n) is 23.7. The van der Waals surface area contributed by atoms with Gasteiger partial charge in [-0.15, -0.1) is 0 Å². The topological polar surface area (TPSA) is 563 Å². The molecule has 0 spiro atoms. The molecule has 8 fully saturated rings. The molecule has 38 heteroatoms. The van der Waals surface area contributed by atoms with Crippen molar-refractivity contribution in [1.29, 1.82) is 0 Å². The van der Waals surface area contributed by atoms with Gasteiger partial charge in [0.25, 0.3) is 0 Å². The number of amides is 5. The fourth-order valence-electron chi connectivity index (χ4n) is 12.0. The molecule has 0 aromatic carbocycles. The van der Waals surface area contributed by atoms with Gasteiger partial charge in [-0.25, -0.2) is 4.79 Å². The van der Waals surface area contributed by atoms with E-state index in [1.54, 1.807) is 11.8 Å². The quantitative estimate of drug-likeness (QED) is 0.0268. The number of carbonyl (C=O) groups excluding carboxylic acids is 4. The number of unbranched alkanes of at least 4 members (excludes halogenated alkanes) is 1. The van der Waals surface area contributed by atoms with Gasteiger partial charge in [-0.3, -0.25) is 14.4 Å². The van der Waals surface area contributed by atoms with E-state index in [0.717, 1.165) is 32.4 Å². The normalized spacial score (nSPS) is 46.0. The monoisotopic (exact) mass is 1340 g/mol. The molecule has 0 aliphatic carbocycles. The molecule has 8 aliphatic rings. The average Bonchev–Trinajstić information content (AvgIpc) is 1.51. The van der Waals surface area contributed by atoms with Gasteiger partial charge in [0.15, 0.2) is 37.7 Å². The zero-order valence-electron chi connectivity index (χ0n) is 49.8. The first-order chi connectivity index (χ1) is 43.3. The molecule has 8 rings (SSSR count). The number of fused-ring (bicyclic) bond motifs is 1. The van der Waals surface area contributed by atoms with Crippen molar-refractivity contribution >= 4 is 35.5 Å². The van der Waals surface area contributed by atoms with Crippen LogP contribution in [0.2, 0.25) is 0 Å². The molecule has 5 amide bonds. The van der Waals surface area contributed by atoms with Crippen molar-refractivity contribution in [3.05, 3.63) is 0 Å². The van der Waals surface area contributed by atoms with Gasteiger partial charge in [-0.05, 0) is 26.2 Å². The SMILES string of the molecule is CC(=O)NC1C(OC2C(COC3OC(C)C(O)C(O)C3O)OC(OCCCNC(=O)CCCCC3SCC4NC(=O)NC43)C(NC(C)=O)C2O)OC(CO)C(OC2OC(COC3OC(CO)C(O)C(O)C3O)C(O)C(OC3OC(CO)C(O)C(O)C3O)C2O)C1O. The maximum atomic E-state index is 13.0. The van der Waals surface area contributed by atoms with Gasteiger partial charge in [0.1, 0.15) is 140 Å². The summed E-state index contributed by atoms with van der Waals surface area (Å²) in [6.07, 6.45) is -48.9. The summed E-state index contributed by atoms with van der Waals surface area (Å²) in [7, 11) is 0. The number of urea groups is 1. The summed E-state index contributed by atoms with van der Waals surface area (Å²) < 4.78 is 70.8. The number of hydrogen-bond acceptors (Lipinski definition) is 33. The van der Waals surface area contributed by atoms with E-state index in [1.807, 2.05) is 0 Å². The molecule has 524 valence electrons. The molecule has 8 aliphatic heterocycles. The Balaban J connectivity index is 0.980. The molecule has 8 heterocycles. The lowest BCUT2D eigenvalue weighted by Crippen LogP contribution is -2.70. The van der Waals surface area contributed by atoms with Crippen LogP contribution in [-0.4, -0.2) is 359 Å². The van der Waals surface area contributed by atoms with Crippen LogP contribution in [0.1, 0.15) is 52.9 Å². The van der Waals surface area contributed by atoms with Crippen molar-refractivity contribution in [3.63, 3.8) is 0 Å². The van der Waals surface area contributed by atoms with Gasteiger partial charge >= 0.3 is 6.03 Å². The maximum absolute atomic E-state index is 13.0. The Labute approximate surface area is 524 Å². The van der Waals surface area contributed by atoms with Gasteiger partial charge in [0.05, 0.1) is 57.8 Å². The molecule has 0 radical (unpaired) electrons. The Morgan fingerprint density at radius 1 is 0.505 bits per heavy atom. The Bertz CT molecular complexity index is 2340. The number of aliphatic hydroxyl groups is 16. The van der Waals surface area contributed by atoms with Gasteiger partial charge < -0.3 is 165 Å². The van der Waals surface area contributed by atoms with E-state index < -0.39 is 229 Å². The van der Waals surface area contributed by atoms with E-state index in [9.17, 15) is 101 Å². The summed E-state index contributed by atoms with van der Waals surface area (Å²) in [4.78, 5) is 50.4. The zero-order valence-corrected chi connectivity index (χ0v) is 50.7. The molecule has 33 unspecified atom stereocenters. The Morgan fingerprint density at radius 3 is 1.62 bits per heavy atom. The summed E-state index contributed by atoms with van der Waals surface area (Å²) in [5.41, 5.74) is 0. The maximum Gasteiger partial charge on any atom is 0.315 e. The molecule has 0 bridgehead atoms. The molecule has 91 heavy (non-hydrogen) atoms. The first-order valence-electron chi connectivity index (χ1n) is 30.2. The summed E-state index contributed by atoms with van der Waals surface area (Å²) in [6.45, 7) is -0.954. The van der Waals surface area contributed by atoms with E-state index >= 15 is 0 Å². The molecule has 33 atom stereocenters. The van der Waals surface area contributed by atoms with Crippen LogP contribution in [0, 0.1) is 0 Å². The predicted molar refractivity (Wildman–Crippen MR) is 296 cm³/mol. The highest BCUT2D eigenvalue weighted by molar-refractivity contribution is 8.00. The molecule has 0 aromatic heterocycles. The van der Waals surface area contributed by atoms with E-state index in [4.69, 9.17) is 56.8 Å². The number of hydrogen-bond donors (Lipinski definition) is 21. The number of thioether (sulfide) groups is 1. The number of aliphatic hydroxyl groups excluding tert-OH is 16. The van der Waals surface area contributed by atoms with E-state index in [1.165, 1.54) is 6.92 Å². The Morgan fingerprint density at radius 2 is 1.00 bits per heavy atom. The summed E-state index contributed by atoms with van der Waals surface area (Å²) >= 11 is 1.77. The fraction of sp³-hybridized carbons (Fsp3) is 0.925. The Kier molecular flexibility index (Phi) is 26.9. The number of nitrogens with one attached hydrogen (secondary N) is 5. The van der Waals surface area contributed by atoms with Crippen molar-refractivity contribution < 1.29 is 158 Å². The smallest absolute Gasteiger partial charge is 0.315 e. The number of ether oxygens (including phenoxy) is 12. The molecular weight excluding hydrogens is 1250 g/mol. The minimum atomic E-state index is -2.26. The summed E-state index contributed by atoms with van der Waals surface area (Å²) in [6, 6.07) is -3.37. The van der Waals surface area contributed by atoms with Crippen molar-refractivity contribution in [2.45, 2.75) is 254 Å². The van der Waals surface area contributed by atoms with Crippen molar-refractivity contribution in [2.75, 3.05) is 51.9 Å². The molecule has 0 saturated carbocycles. The largest absolute Gasteiger partial charge is 0.394 e. The second-order valence-corrected chi connectivity index (χ2v) is 25.0. The molecule has 21 N–H and O–H groups in total. The molecule has 8 saturated heterocycles. The van der Waals surface area contributed by atoms with Crippen molar-refractivity contribution in [2.24, 2.45) is 0 Å². The predicted octanol–water partition coefficient (Wildman–Crippen LogP) is -11.5. The average molecular weight is 1340 g/mol. The third-order valence-corrected chi connectivity index (χ3v) is 18.7. The first kappa shape index (κ1) is 73.7. The minimum Gasteiger partial charge on any atom is -0.394 e. The van der Waals surface area contributed by atoms with Crippen LogP contribution in [0.3, 0.4) is 0 Å². The van der Waals surface area contributed by atoms with Gasteiger partial charge in [-0.2, -0.15) is 11.8 Å². The standard InChI is InChI=1S/C53H89N5O32S/c1-17-31(65)37(71)40(74)49(82-17)81-15-25-45(35(69)29(55-18(2)62)47(87-25)79-10-6-9-54-27(64)8-5-4-7-26-28-20(16-91-26)57-53(78)58-28)88-48-30(56-19(3)63)36(70)44(23(13-61)85-48)89-52-43(77)46(90-51-42(76)39(73)33(67)22(12-60)84-51)34(68)24(86-52)14-80-50-41(75)38(72)32(66)21(11-59)83-50/h17,20-26,28-52,59-61,65-77H,4-16H2,1-3H3,(H,54,64)(H,55,62)(H,56,63)(H2,57,58,78). The lowest BCUT2D eigenvalue weighted by atomic mass is 9.93. The number of carbonyl (C=O) groups is 4. The van der Waals surface area contributed by atoms with Crippen LogP contribution < -0.4 is 26.6 Å². The van der Waals surface area contributed by atoms with Gasteiger partial charge in [0.2, 0.25) is 17.7 Å². The third-order valence-electron chi connectivity index (χ3n) is 17.1. The zero-order chi connectivity index (χ0) is 66.3. The van der Waals surface area contributed by atoms with E-state index in [2.05, 4.69) is 26.6 Å². The molecular formula is C53H89N5O32S. The van der Waals surface area contributed by atoms with Crippen LogP contribution in [0.4, 0.5) is 4.79 Å². The minimum absolute atomic E-state index is 0.0429. The van der Waals surface area contributed by atoms with E-state index in [0.29, 0.717) is 6.42 Å². The summed E-state index contributed by atoms with van der Waals surface area (Å²) in [5, 5.41) is 188. The van der Waals surface area contributed by atoms with Crippen LogP contribution in [0.25, 0.3) is 0 Å². The molecule has 0 aromatic rings. The number of rotatable bonds is 27. The highest BCUT2D eigenvalue weighted by Gasteiger charge is 2.57. The lowest BCUT2D eigenvalue weighted by molar-refractivity contribution is -0.384. The van der Waals surface area contributed by atoms with Gasteiger partial charge in [-0.1, -0.05) is 6.42 Å². The molecule has 37 nitrogen and oxygen atoms in total. The van der Waals surface area contributed by atoms with Crippen LogP contribution in [0.5, 0.6) is 0 Å². The van der Waals surface area contributed by atoms with E-state index in [-0.39, 0.29) is 55.3 Å². The van der Waals surface area contributed by atoms with Crippen LogP contribution >= 0.6 is 11.8 Å².